The summed E-state index contributed by atoms with van der Waals surface area (Å²) >= 11 is 0. The van der Waals surface area contributed by atoms with E-state index >= 15 is 0 Å². The zero-order chi connectivity index (χ0) is 12.0. The van der Waals surface area contributed by atoms with Gasteiger partial charge in [-0.1, -0.05) is 12.1 Å². The lowest BCUT2D eigenvalue weighted by Gasteiger charge is -1.99. The van der Waals surface area contributed by atoms with E-state index in [9.17, 15) is 9.36 Å². The Balaban J connectivity index is 2.58. The third-order valence-corrected chi connectivity index (χ3v) is 3.21. The van der Waals surface area contributed by atoms with Crippen LogP contribution in [0.25, 0.3) is 0 Å². The van der Waals surface area contributed by atoms with Gasteiger partial charge in [-0.3, -0.25) is 4.79 Å². The van der Waals surface area contributed by atoms with E-state index in [1.165, 1.54) is 14.2 Å². The van der Waals surface area contributed by atoms with Gasteiger partial charge in [0, 0.05) is 6.42 Å². The number of benzene rings is 1. The molecule has 0 saturated heterocycles. The van der Waals surface area contributed by atoms with Crippen LogP contribution in [0.2, 0.25) is 0 Å². The maximum atomic E-state index is 11.3. The van der Waals surface area contributed by atoms with E-state index in [0.717, 1.165) is 5.56 Å². The zero-order valence-electron chi connectivity index (χ0n) is 9.30. The topological polar surface area (TPSA) is 52.6 Å². The van der Waals surface area contributed by atoms with Crippen molar-refractivity contribution in [3.8, 4) is 0 Å². The minimum Gasteiger partial charge on any atom is -0.469 e. The zero-order valence-corrected chi connectivity index (χ0v) is 10.2. The van der Waals surface area contributed by atoms with Gasteiger partial charge in [-0.2, -0.15) is 0 Å². The van der Waals surface area contributed by atoms with Crippen molar-refractivity contribution >= 4 is 19.3 Å². The Hall–Kier alpha value is -1.25. The molecule has 1 aromatic rings. The van der Waals surface area contributed by atoms with Gasteiger partial charge < -0.3 is 4.74 Å². The van der Waals surface area contributed by atoms with E-state index < -0.39 is 8.03 Å². The summed E-state index contributed by atoms with van der Waals surface area (Å²) in [6, 6.07) is 7.17. The summed E-state index contributed by atoms with van der Waals surface area (Å²) in [6.45, 7) is 0. The van der Waals surface area contributed by atoms with Crippen LogP contribution < -0.4 is 5.30 Å². The molecule has 4 nitrogen and oxygen atoms in total. The number of carbonyl (C=O) groups excluding carboxylic acids is 1. The van der Waals surface area contributed by atoms with Crippen molar-refractivity contribution in [3.63, 3.8) is 0 Å². The fraction of sp³-hybridized carbons (Fsp3) is 0.364. The number of aryl methyl sites for hydroxylation is 1. The molecule has 5 heteroatoms. The lowest BCUT2D eigenvalue weighted by Crippen LogP contribution is -2.03. The van der Waals surface area contributed by atoms with Gasteiger partial charge in [0.1, 0.15) is 0 Å². The largest absolute Gasteiger partial charge is 0.548 e. The summed E-state index contributed by atoms with van der Waals surface area (Å²) in [6.07, 6.45) is 0.975. The molecule has 0 N–H and O–H groups in total. The minimum absolute atomic E-state index is 0.230. The molecule has 0 radical (unpaired) electrons. The highest BCUT2D eigenvalue weighted by Gasteiger charge is 2.18. The summed E-state index contributed by atoms with van der Waals surface area (Å²) in [5.41, 5.74) is 1.01. The fourth-order valence-corrected chi connectivity index (χ4v) is 1.84. The van der Waals surface area contributed by atoms with Gasteiger partial charge in [0.15, 0.2) is 0 Å². The first-order valence-corrected chi connectivity index (χ1v) is 6.02. The average molecular weight is 241 g/mol. The van der Waals surface area contributed by atoms with Gasteiger partial charge in [-0.25, -0.2) is 0 Å². The smallest absolute Gasteiger partial charge is 0.469 e. The predicted octanol–water partition coefficient (Wildman–Crippen LogP) is 1.81. The highest BCUT2D eigenvalue weighted by Crippen LogP contribution is 2.19. The number of hydrogen-bond acceptors (Lipinski definition) is 4. The highest BCUT2D eigenvalue weighted by atomic mass is 31.1. The van der Waals surface area contributed by atoms with E-state index in [-0.39, 0.29) is 5.97 Å². The predicted molar refractivity (Wildman–Crippen MR) is 61.0 cm³/mol. The molecule has 0 amide bonds. The molecule has 1 rings (SSSR count). The van der Waals surface area contributed by atoms with Crippen LogP contribution in [-0.4, -0.2) is 20.2 Å². The van der Waals surface area contributed by atoms with Crippen molar-refractivity contribution in [2.45, 2.75) is 12.8 Å². The SMILES string of the molecule is COC(=O)CCc1ccc([P+](=O)OC)cc1. The molecule has 0 heterocycles. The quantitative estimate of drug-likeness (QED) is 0.582. The molecule has 0 aliphatic heterocycles. The Bertz CT molecular complexity index is 372. The van der Waals surface area contributed by atoms with Crippen molar-refractivity contribution < 1.29 is 18.6 Å². The van der Waals surface area contributed by atoms with E-state index in [4.69, 9.17) is 4.52 Å². The summed E-state index contributed by atoms with van der Waals surface area (Å²) in [4.78, 5) is 10.9. The van der Waals surface area contributed by atoms with Crippen LogP contribution >= 0.6 is 8.03 Å². The molecule has 1 unspecified atom stereocenters. The molecule has 0 aromatic heterocycles. The van der Waals surface area contributed by atoms with Crippen LogP contribution in [-0.2, 0) is 25.0 Å². The van der Waals surface area contributed by atoms with Crippen molar-refractivity contribution in [2.75, 3.05) is 14.2 Å². The first-order chi connectivity index (χ1) is 7.67. The van der Waals surface area contributed by atoms with Crippen LogP contribution in [0.3, 0.4) is 0 Å². The number of ether oxygens (including phenoxy) is 1. The molecule has 0 aliphatic carbocycles. The van der Waals surface area contributed by atoms with E-state index in [1.807, 2.05) is 12.1 Å². The Morgan fingerprint density at radius 2 is 1.88 bits per heavy atom. The first-order valence-electron chi connectivity index (χ1n) is 4.84. The Morgan fingerprint density at radius 3 is 2.38 bits per heavy atom. The van der Waals surface area contributed by atoms with Gasteiger partial charge in [0.05, 0.1) is 14.2 Å². The van der Waals surface area contributed by atoms with Crippen LogP contribution in [0, 0.1) is 0 Å². The summed E-state index contributed by atoms with van der Waals surface area (Å²) in [7, 11) is 1.02. The highest BCUT2D eigenvalue weighted by molar-refractivity contribution is 7.48. The molecule has 0 spiro atoms. The van der Waals surface area contributed by atoms with Crippen molar-refractivity contribution in [1.82, 2.24) is 0 Å². The Morgan fingerprint density at radius 1 is 1.25 bits per heavy atom. The third kappa shape index (κ3) is 3.72. The van der Waals surface area contributed by atoms with Gasteiger partial charge in [0.25, 0.3) is 0 Å². The lowest BCUT2D eigenvalue weighted by molar-refractivity contribution is -0.140. The maximum absolute atomic E-state index is 11.3. The molecular formula is C11H14O4P+. The second-order valence-corrected chi connectivity index (χ2v) is 4.58. The van der Waals surface area contributed by atoms with Crippen LogP contribution in [0.5, 0.6) is 0 Å². The van der Waals surface area contributed by atoms with Crippen LogP contribution in [0.4, 0.5) is 0 Å². The summed E-state index contributed by atoms with van der Waals surface area (Å²) in [5.74, 6) is -0.230. The number of esters is 1. The Labute approximate surface area is 95.4 Å². The standard InChI is InChI=1S/C11H14O4P/c1-14-11(12)8-5-9-3-6-10(7-4-9)16(13)15-2/h3-4,6-7H,5,8H2,1-2H3/q+1. The number of hydrogen-bond donors (Lipinski definition) is 0. The van der Waals surface area contributed by atoms with Crippen molar-refractivity contribution in [1.29, 1.82) is 0 Å². The monoisotopic (exact) mass is 241 g/mol. The Kier molecular flexibility index (Phi) is 5.09. The molecule has 0 fully saturated rings. The van der Waals surface area contributed by atoms with E-state index in [2.05, 4.69) is 4.74 Å². The van der Waals surface area contributed by atoms with Crippen LogP contribution in [0.1, 0.15) is 12.0 Å². The van der Waals surface area contributed by atoms with Gasteiger partial charge >= 0.3 is 14.0 Å². The van der Waals surface area contributed by atoms with Crippen molar-refractivity contribution in [2.24, 2.45) is 0 Å². The molecule has 0 aliphatic rings. The van der Waals surface area contributed by atoms with Crippen LogP contribution in [0.15, 0.2) is 24.3 Å². The average Bonchev–Trinajstić information content (AvgIpc) is 2.35. The number of rotatable bonds is 5. The third-order valence-electron chi connectivity index (χ3n) is 2.16. The fourth-order valence-electron chi connectivity index (χ4n) is 1.24. The second kappa shape index (κ2) is 6.36. The first kappa shape index (κ1) is 12.8. The van der Waals surface area contributed by atoms with Gasteiger partial charge in [-0.05, 0) is 28.7 Å². The minimum atomic E-state index is -1.75. The number of carbonyl (C=O) groups is 1. The van der Waals surface area contributed by atoms with Crippen molar-refractivity contribution in [3.05, 3.63) is 29.8 Å². The molecule has 86 valence electrons. The number of methoxy groups -OCH3 is 1. The van der Waals surface area contributed by atoms with Gasteiger partial charge in [0.2, 0.25) is 5.30 Å². The maximum Gasteiger partial charge on any atom is 0.548 e. The normalized spacial score (nSPS) is 11.0. The molecular weight excluding hydrogens is 227 g/mol. The van der Waals surface area contributed by atoms with Gasteiger partial charge in [-0.15, -0.1) is 4.52 Å². The summed E-state index contributed by atoms with van der Waals surface area (Å²) < 4.78 is 20.6. The lowest BCUT2D eigenvalue weighted by atomic mass is 10.1. The second-order valence-electron chi connectivity index (χ2n) is 3.18. The van der Waals surface area contributed by atoms with E-state index in [0.29, 0.717) is 18.1 Å². The molecule has 1 atom stereocenters. The molecule has 16 heavy (non-hydrogen) atoms. The summed E-state index contributed by atoms with van der Waals surface area (Å²) in [5, 5.41) is 0.652. The van der Waals surface area contributed by atoms with E-state index in [1.54, 1.807) is 12.1 Å². The molecule has 1 aromatic carbocycles. The molecule has 0 saturated carbocycles. The molecule has 0 bridgehead atoms.